The quantitative estimate of drug-likeness (QED) is 0.928. The molecular formula is C15H14N2O3. The van der Waals surface area contributed by atoms with Gasteiger partial charge in [0.25, 0.3) is 0 Å². The fraction of sp³-hybridized carbons (Fsp3) is 0.267. The molecular weight excluding hydrogens is 256 g/mol. The van der Waals surface area contributed by atoms with E-state index in [-0.39, 0.29) is 5.56 Å². The number of fused-ring (bicyclic) bond motifs is 1. The molecule has 3 rings (SSSR count). The highest BCUT2D eigenvalue weighted by Gasteiger charge is 2.19. The van der Waals surface area contributed by atoms with Gasteiger partial charge in [-0.3, -0.25) is 0 Å². The topological polar surface area (TPSA) is 72.3 Å². The Hall–Kier alpha value is -2.43. The Bertz CT molecular complexity index is 683. The molecule has 2 aromatic rings. The lowest BCUT2D eigenvalue weighted by molar-refractivity contribution is 0.0697. The van der Waals surface area contributed by atoms with Gasteiger partial charge in [0, 0.05) is 5.56 Å². The van der Waals surface area contributed by atoms with E-state index in [2.05, 4.69) is 9.97 Å². The van der Waals surface area contributed by atoms with E-state index in [4.69, 9.17) is 9.84 Å². The SMILES string of the molecule is Cc1cc(C(=O)O)ccc1Oc1ncnc2c1CCC2. The van der Waals surface area contributed by atoms with E-state index < -0.39 is 5.97 Å². The van der Waals surface area contributed by atoms with Gasteiger partial charge in [0.05, 0.1) is 11.3 Å². The summed E-state index contributed by atoms with van der Waals surface area (Å²) in [6, 6.07) is 4.80. The van der Waals surface area contributed by atoms with E-state index in [1.807, 2.05) is 6.92 Å². The van der Waals surface area contributed by atoms with Crippen LogP contribution in [0.15, 0.2) is 24.5 Å². The molecule has 5 nitrogen and oxygen atoms in total. The molecule has 0 aliphatic heterocycles. The van der Waals surface area contributed by atoms with Crippen LogP contribution >= 0.6 is 0 Å². The number of hydrogen-bond acceptors (Lipinski definition) is 4. The number of carboxylic acid groups (broad SMARTS) is 1. The van der Waals surface area contributed by atoms with Crippen molar-refractivity contribution in [1.29, 1.82) is 0 Å². The maximum Gasteiger partial charge on any atom is 0.335 e. The van der Waals surface area contributed by atoms with Crippen molar-refractivity contribution in [3.63, 3.8) is 0 Å². The minimum Gasteiger partial charge on any atom is -0.478 e. The normalized spacial score (nSPS) is 13.1. The molecule has 1 heterocycles. The van der Waals surface area contributed by atoms with Crippen LogP contribution in [0.4, 0.5) is 0 Å². The number of nitrogens with zero attached hydrogens (tertiary/aromatic N) is 2. The molecule has 1 aromatic heterocycles. The standard InChI is InChI=1S/C15H14N2O3/c1-9-7-10(15(18)19)5-6-13(9)20-14-11-3-2-4-12(11)16-8-17-14/h5-8H,2-4H2,1H3,(H,18,19). The molecule has 0 saturated carbocycles. The van der Waals surface area contributed by atoms with E-state index in [1.165, 1.54) is 12.4 Å². The summed E-state index contributed by atoms with van der Waals surface area (Å²) in [5.74, 6) is 0.268. The monoisotopic (exact) mass is 270 g/mol. The summed E-state index contributed by atoms with van der Waals surface area (Å²) >= 11 is 0. The van der Waals surface area contributed by atoms with Gasteiger partial charge in [-0.05, 0) is 49.9 Å². The lowest BCUT2D eigenvalue weighted by Crippen LogP contribution is -2.00. The second kappa shape index (κ2) is 4.92. The van der Waals surface area contributed by atoms with Gasteiger partial charge in [0.15, 0.2) is 0 Å². The van der Waals surface area contributed by atoms with Crippen LogP contribution < -0.4 is 4.74 Å². The summed E-state index contributed by atoms with van der Waals surface area (Å²) in [4.78, 5) is 19.4. The lowest BCUT2D eigenvalue weighted by atomic mass is 10.1. The number of rotatable bonds is 3. The number of hydrogen-bond donors (Lipinski definition) is 1. The molecule has 1 aromatic carbocycles. The van der Waals surface area contributed by atoms with Crippen molar-refractivity contribution < 1.29 is 14.6 Å². The van der Waals surface area contributed by atoms with Crippen LogP contribution in [-0.2, 0) is 12.8 Å². The third kappa shape index (κ3) is 2.22. The molecule has 1 N–H and O–H groups in total. The van der Waals surface area contributed by atoms with Crippen LogP contribution in [0.2, 0.25) is 0 Å². The van der Waals surface area contributed by atoms with Crippen LogP contribution in [0.3, 0.4) is 0 Å². The number of carbonyl (C=O) groups is 1. The molecule has 0 amide bonds. The minimum atomic E-state index is -0.942. The van der Waals surface area contributed by atoms with Gasteiger partial charge in [-0.15, -0.1) is 0 Å². The summed E-state index contributed by atoms with van der Waals surface area (Å²) in [6.45, 7) is 1.82. The number of carboxylic acids is 1. The second-order valence-electron chi connectivity index (χ2n) is 4.85. The van der Waals surface area contributed by atoms with Crippen molar-refractivity contribution in [3.8, 4) is 11.6 Å². The van der Waals surface area contributed by atoms with Crippen LogP contribution in [0.5, 0.6) is 11.6 Å². The van der Waals surface area contributed by atoms with Gasteiger partial charge in [0.2, 0.25) is 5.88 Å². The van der Waals surface area contributed by atoms with E-state index in [1.54, 1.807) is 12.1 Å². The van der Waals surface area contributed by atoms with Crippen molar-refractivity contribution in [2.24, 2.45) is 0 Å². The summed E-state index contributed by atoms with van der Waals surface area (Å²) < 4.78 is 5.84. The Morgan fingerprint density at radius 1 is 1.30 bits per heavy atom. The smallest absolute Gasteiger partial charge is 0.335 e. The molecule has 0 atom stereocenters. The number of ether oxygens (including phenoxy) is 1. The van der Waals surface area contributed by atoms with Crippen LogP contribution in [0.25, 0.3) is 0 Å². The number of aromatic nitrogens is 2. The van der Waals surface area contributed by atoms with Gasteiger partial charge in [-0.2, -0.15) is 0 Å². The Balaban J connectivity index is 1.92. The summed E-state index contributed by atoms with van der Waals surface area (Å²) in [5, 5.41) is 8.96. The molecule has 0 spiro atoms. The predicted octanol–water partition coefficient (Wildman–Crippen LogP) is 2.76. The minimum absolute atomic E-state index is 0.253. The average molecular weight is 270 g/mol. The maximum absolute atomic E-state index is 10.9. The first-order valence-corrected chi connectivity index (χ1v) is 6.49. The van der Waals surface area contributed by atoms with Crippen molar-refractivity contribution in [1.82, 2.24) is 9.97 Å². The molecule has 20 heavy (non-hydrogen) atoms. The Kier molecular flexibility index (Phi) is 3.10. The molecule has 0 unspecified atom stereocenters. The molecule has 5 heteroatoms. The summed E-state index contributed by atoms with van der Waals surface area (Å²) in [6.07, 6.45) is 4.48. The van der Waals surface area contributed by atoms with Crippen molar-refractivity contribution >= 4 is 5.97 Å². The largest absolute Gasteiger partial charge is 0.478 e. The summed E-state index contributed by atoms with van der Waals surface area (Å²) in [7, 11) is 0. The van der Waals surface area contributed by atoms with Crippen LogP contribution in [0, 0.1) is 6.92 Å². The third-order valence-corrected chi connectivity index (χ3v) is 3.46. The zero-order valence-corrected chi connectivity index (χ0v) is 11.1. The fourth-order valence-corrected chi connectivity index (χ4v) is 2.42. The van der Waals surface area contributed by atoms with E-state index >= 15 is 0 Å². The average Bonchev–Trinajstić information content (AvgIpc) is 2.90. The highest BCUT2D eigenvalue weighted by Crippen LogP contribution is 2.31. The zero-order chi connectivity index (χ0) is 14.1. The number of aromatic carboxylic acids is 1. The van der Waals surface area contributed by atoms with Crippen molar-refractivity contribution in [2.45, 2.75) is 26.2 Å². The Labute approximate surface area is 116 Å². The van der Waals surface area contributed by atoms with E-state index in [0.29, 0.717) is 11.6 Å². The highest BCUT2D eigenvalue weighted by atomic mass is 16.5. The van der Waals surface area contributed by atoms with Gasteiger partial charge >= 0.3 is 5.97 Å². The molecule has 0 saturated heterocycles. The summed E-state index contributed by atoms with van der Waals surface area (Å²) in [5.41, 5.74) is 3.14. The van der Waals surface area contributed by atoms with E-state index in [0.717, 1.165) is 36.1 Å². The fourth-order valence-electron chi connectivity index (χ4n) is 2.42. The third-order valence-electron chi connectivity index (χ3n) is 3.46. The molecule has 0 bridgehead atoms. The lowest BCUT2D eigenvalue weighted by Gasteiger charge is -2.11. The van der Waals surface area contributed by atoms with Gasteiger partial charge < -0.3 is 9.84 Å². The first-order chi connectivity index (χ1) is 9.65. The van der Waals surface area contributed by atoms with Gasteiger partial charge in [-0.1, -0.05) is 0 Å². The van der Waals surface area contributed by atoms with Crippen molar-refractivity contribution in [3.05, 3.63) is 46.9 Å². The molecule has 102 valence electrons. The number of aryl methyl sites for hydroxylation is 2. The first-order valence-electron chi connectivity index (χ1n) is 6.49. The predicted molar refractivity (Wildman–Crippen MR) is 72.3 cm³/mol. The van der Waals surface area contributed by atoms with Crippen molar-refractivity contribution in [2.75, 3.05) is 0 Å². The zero-order valence-electron chi connectivity index (χ0n) is 11.1. The Morgan fingerprint density at radius 3 is 2.90 bits per heavy atom. The first kappa shape index (κ1) is 12.6. The Morgan fingerprint density at radius 2 is 2.15 bits per heavy atom. The second-order valence-corrected chi connectivity index (χ2v) is 4.85. The number of benzene rings is 1. The van der Waals surface area contributed by atoms with E-state index in [9.17, 15) is 4.79 Å². The maximum atomic E-state index is 10.9. The molecule has 1 aliphatic rings. The molecule has 0 fully saturated rings. The van der Waals surface area contributed by atoms with Gasteiger partial charge in [-0.25, -0.2) is 14.8 Å². The molecule has 1 aliphatic carbocycles. The van der Waals surface area contributed by atoms with Crippen LogP contribution in [0.1, 0.15) is 33.6 Å². The molecule has 0 radical (unpaired) electrons. The van der Waals surface area contributed by atoms with Gasteiger partial charge in [0.1, 0.15) is 12.1 Å². The highest BCUT2D eigenvalue weighted by molar-refractivity contribution is 5.88. The van der Waals surface area contributed by atoms with Crippen LogP contribution in [-0.4, -0.2) is 21.0 Å².